The molecule has 1 unspecified atom stereocenters. The van der Waals surface area contributed by atoms with E-state index in [1.807, 2.05) is 0 Å². The summed E-state index contributed by atoms with van der Waals surface area (Å²) in [7, 11) is 1.50. The summed E-state index contributed by atoms with van der Waals surface area (Å²) in [5.74, 6) is -0.987. The van der Waals surface area contributed by atoms with Crippen LogP contribution in [0.2, 0.25) is 5.02 Å². The Morgan fingerprint density at radius 3 is 2.96 bits per heavy atom. The molecular formula is C19H16ClFN4O3. The van der Waals surface area contributed by atoms with Crippen molar-refractivity contribution in [2.45, 2.75) is 6.42 Å². The first kappa shape index (κ1) is 18.2. The zero-order chi connectivity index (χ0) is 19.8. The van der Waals surface area contributed by atoms with Crippen molar-refractivity contribution < 1.29 is 18.7 Å². The minimum absolute atomic E-state index is 0.0124. The molecule has 1 aliphatic rings. The molecule has 2 heterocycles. The highest BCUT2D eigenvalue weighted by atomic mass is 35.5. The van der Waals surface area contributed by atoms with Crippen molar-refractivity contribution in [3.05, 3.63) is 47.2 Å². The van der Waals surface area contributed by atoms with Gasteiger partial charge in [-0.2, -0.15) is 5.10 Å². The van der Waals surface area contributed by atoms with E-state index in [1.165, 1.54) is 18.1 Å². The molecule has 1 aliphatic heterocycles. The fraction of sp³-hybridized carbons (Fsp3) is 0.211. The second-order valence-corrected chi connectivity index (χ2v) is 6.86. The highest BCUT2D eigenvalue weighted by molar-refractivity contribution is 6.32. The first-order valence-corrected chi connectivity index (χ1v) is 8.93. The van der Waals surface area contributed by atoms with Crippen LogP contribution in [0.1, 0.15) is 6.42 Å². The number of benzene rings is 2. The van der Waals surface area contributed by atoms with Gasteiger partial charge in [0.05, 0.1) is 29.0 Å². The van der Waals surface area contributed by atoms with Gasteiger partial charge in [-0.25, -0.2) is 4.39 Å². The number of rotatable bonds is 4. The Labute approximate surface area is 164 Å². The zero-order valence-electron chi connectivity index (χ0n) is 14.8. The number of hydrogen-bond donors (Lipinski definition) is 2. The highest BCUT2D eigenvalue weighted by Crippen LogP contribution is 2.32. The molecule has 0 bridgehead atoms. The lowest BCUT2D eigenvalue weighted by atomic mass is 10.1. The molecule has 4 rings (SSSR count). The number of nitrogens with one attached hydrogen (secondary N) is 2. The second kappa shape index (κ2) is 7.12. The highest BCUT2D eigenvalue weighted by Gasteiger charge is 2.37. The molecule has 1 atom stereocenters. The number of aromatic amines is 1. The van der Waals surface area contributed by atoms with E-state index in [1.54, 1.807) is 30.3 Å². The van der Waals surface area contributed by atoms with E-state index in [-0.39, 0.29) is 36.0 Å². The fourth-order valence-corrected chi connectivity index (χ4v) is 3.54. The lowest BCUT2D eigenvalue weighted by Gasteiger charge is -2.15. The summed E-state index contributed by atoms with van der Waals surface area (Å²) in [5, 5.41) is 10.1. The van der Waals surface area contributed by atoms with Gasteiger partial charge in [0.1, 0.15) is 11.6 Å². The molecular weight excluding hydrogens is 387 g/mol. The molecule has 0 saturated carbocycles. The predicted octanol–water partition coefficient (Wildman–Crippen LogP) is 3.36. The Bertz CT molecular complexity index is 1080. The van der Waals surface area contributed by atoms with Crippen molar-refractivity contribution in [2.24, 2.45) is 5.92 Å². The lowest BCUT2D eigenvalue weighted by molar-refractivity contribution is -0.122. The first-order valence-electron chi connectivity index (χ1n) is 8.55. The van der Waals surface area contributed by atoms with Crippen LogP contribution in [0.4, 0.5) is 15.9 Å². The molecule has 9 heteroatoms. The van der Waals surface area contributed by atoms with Gasteiger partial charge < -0.3 is 10.1 Å². The monoisotopic (exact) mass is 402 g/mol. The van der Waals surface area contributed by atoms with Crippen LogP contribution < -0.4 is 15.0 Å². The first-order chi connectivity index (χ1) is 13.5. The van der Waals surface area contributed by atoms with Gasteiger partial charge in [-0.1, -0.05) is 17.7 Å². The predicted molar refractivity (Wildman–Crippen MR) is 103 cm³/mol. The van der Waals surface area contributed by atoms with E-state index in [0.717, 1.165) is 0 Å². The summed E-state index contributed by atoms with van der Waals surface area (Å²) in [5.41, 5.74) is 0.988. The average molecular weight is 403 g/mol. The maximum absolute atomic E-state index is 14.2. The van der Waals surface area contributed by atoms with E-state index < -0.39 is 11.7 Å². The van der Waals surface area contributed by atoms with Gasteiger partial charge in [0, 0.05) is 18.7 Å². The van der Waals surface area contributed by atoms with Crippen molar-refractivity contribution in [1.82, 2.24) is 10.2 Å². The van der Waals surface area contributed by atoms with Gasteiger partial charge >= 0.3 is 0 Å². The number of methoxy groups -OCH3 is 1. The van der Waals surface area contributed by atoms with Crippen molar-refractivity contribution in [3.63, 3.8) is 0 Å². The molecule has 2 N–H and O–H groups in total. The van der Waals surface area contributed by atoms with Gasteiger partial charge in [-0.05, 0) is 30.3 Å². The van der Waals surface area contributed by atoms with E-state index in [4.69, 9.17) is 16.3 Å². The number of carbonyl (C=O) groups is 2. The van der Waals surface area contributed by atoms with Crippen LogP contribution in [0.3, 0.4) is 0 Å². The molecule has 28 heavy (non-hydrogen) atoms. The number of H-pyrrole nitrogens is 1. The van der Waals surface area contributed by atoms with Crippen molar-refractivity contribution >= 4 is 45.8 Å². The Balaban J connectivity index is 1.53. The molecule has 1 aromatic heterocycles. The third-order valence-corrected chi connectivity index (χ3v) is 4.99. The number of halogens is 2. The maximum atomic E-state index is 14.2. The molecule has 1 saturated heterocycles. The molecule has 3 aromatic rings. The van der Waals surface area contributed by atoms with Crippen LogP contribution >= 0.6 is 11.6 Å². The summed E-state index contributed by atoms with van der Waals surface area (Å²) >= 11 is 6.07. The molecule has 144 valence electrons. The lowest BCUT2D eigenvalue weighted by Crippen LogP contribution is -2.28. The zero-order valence-corrected chi connectivity index (χ0v) is 15.6. The molecule has 2 amide bonds. The van der Waals surface area contributed by atoms with Gasteiger partial charge in [-0.3, -0.25) is 19.6 Å². The maximum Gasteiger partial charge on any atom is 0.229 e. The summed E-state index contributed by atoms with van der Waals surface area (Å²) in [6.07, 6.45) is 0.0124. The van der Waals surface area contributed by atoms with E-state index in [0.29, 0.717) is 22.0 Å². The van der Waals surface area contributed by atoms with Crippen LogP contribution in [0.5, 0.6) is 5.75 Å². The number of carbonyl (C=O) groups excluding carboxylic acids is 2. The summed E-state index contributed by atoms with van der Waals surface area (Å²) in [4.78, 5) is 26.4. The summed E-state index contributed by atoms with van der Waals surface area (Å²) in [6, 6.07) is 9.41. The van der Waals surface area contributed by atoms with Crippen LogP contribution in [0.25, 0.3) is 10.9 Å². The second-order valence-electron chi connectivity index (χ2n) is 6.45. The van der Waals surface area contributed by atoms with Gasteiger partial charge in [0.25, 0.3) is 0 Å². The smallest absolute Gasteiger partial charge is 0.229 e. The van der Waals surface area contributed by atoms with Crippen LogP contribution in [-0.2, 0) is 9.59 Å². The Morgan fingerprint density at radius 1 is 1.39 bits per heavy atom. The molecule has 1 fully saturated rings. The Kier molecular flexibility index (Phi) is 4.64. The summed E-state index contributed by atoms with van der Waals surface area (Å²) in [6.45, 7) is 0.114. The Hall–Kier alpha value is -3.13. The fourth-order valence-electron chi connectivity index (χ4n) is 3.29. The van der Waals surface area contributed by atoms with E-state index in [2.05, 4.69) is 15.5 Å². The number of hydrogen-bond acceptors (Lipinski definition) is 4. The van der Waals surface area contributed by atoms with Gasteiger partial charge in [0.15, 0.2) is 5.82 Å². The molecule has 0 aliphatic carbocycles. The molecule has 0 spiro atoms. The number of anilines is 2. The Morgan fingerprint density at radius 2 is 2.21 bits per heavy atom. The minimum Gasteiger partial charge on any atom is -0.495 e. The number of aromatic nitrogens is 2. The number of nitrogens with zero attached hydrogens (tertiary/aromatic N) is 2. The number of fused-ring (bicyclic) bond motifs is 1. The van der Waals surface area contributed by atoms with E-state index >= 15 is 0 Å². The minimum atomic E-state index is -0.591. The largest absolute Gasteiger partial charge is 0.495 e. The van der Waals surface area contributed by atoms with Crippen molar-refractivity contribution in [3.8, 4) is 5.75 Å². The molecule has 7 nitrogen and oxygen atoms in total. The van der Waals surface area contributed by atoms with Crippen molar-refractivity contribution in [1.29, 1.82) is 0 Å². The van der Waals surface area contributed by atoms with Crippen molar-refractivity contribution in [2.75, 3.05) is 23.9 Å². The number of amides is 2. The molecule has 0 radical (unpaired) electrons. The standard InChI is InChI=1S/C19H16ClFN4O3/c1-28-15-6-5-11(8-12(15)20)22-19(27)10-7-16(26)25(9-10)18-17-13(21)3-2-4-14(17)23-24-18/h2-6,8,10H,7,9H2,1H3,(H,22,27)(H,23,24). The molecule has 2 aromatic carbocycles. The third kappa shape index (κ3) is 3.16. The number of ether oxygens (including phenoxy) is 1. The van der Waals surface area contributed by atoms with Crippen LogP contribution in [0.15, 0.2) is 36.4 Å². The topological polar surface area (TPSA) is 87.3 Å². The summed E-state index contributed by atoms with van der Waals surface area (Å²) < 4.78 is 19.3. The van der Waals surface area contributed by atoms with Gasteiger partial charge in [0.2, 0.25) is 11.8 Å². The quantitative estimate of drug-likeness (QED) is 0.700. The van der Waals surface area contributed by atoms with Crippen LogP contribution in [-0.4, -0.2) is 35.7 Å². The normalized spacial score (nSPS) is 16.6. The average Bonchev–Trinajstić information content (AvgIpc) is 3.26. The third-order valence-electron chi connectivity index (χ3n) is 4.69. The van der Waals surface area contributed by atoms with E-state index in [9.17, 15) is 14.0 Å². The SMILES string of the molecule is COc1ccc(NC(=O)C2CC(=O)N(c3n[nH]c4cccc(F)c34)C2)cc1Cl. The van der Waals surface area contributed by atoms with Gasteiger partial charge in [-0.15, -0.1) is 0 Å². The van der Waals surface area contributed by atoms with Crippen LogP contribution in [0, 0.1) is 11.7 Å².